The van der Waals surface area contributed by atoms with Gasteiger partial charge < -0.3 is 5.32 Å². The first-order valence-electron chi connectivity index (χ1n) is 8.65. The molecule has 2 N–H and O–H groups in total. The number of carbonyl (C=O) groups excluding carboxylic acids is 1. The van der Waals surface area contributed by atoms with E-state index in [1.165, 1.54) is 12.1 Å². The van der Waals surface area contributed by atoms with Crippen molar-refractivity contribution in [3.63, 3.8) is 0 Å². The number of hydrogen-bond donors (Lipinski definition) is 2. The molecular weight excluding hydrogens is 348 g/mol. The zero-order valence-electron chi connectivity index (χ0n) is 15.8. The van der Waals surface area contributed by atoms with E-state index >= 15 is 0 Å². The van der Waals surface area contributed by atoms with E-state index in [2.05, 4.69) is 10.0 Å². The van der Waals surface area contributed by atoms with E-state index in [4.69, 9.17) is 0 Å². The van der Waals surface area contributed by atoms with Crippen molar-refractivity contribution in [1.82, 2.24) is 5.32 Å². The molecule has 0 unspecified atom stereocenters. The molecule has 2 aromatic carbocycles. The van der Waals surface area contributed by atoms with E-state index in [0.717, 1.165) is 11.1 Å². The number of nitrogens with one attached hydrogen (secondary N) is 2. The molecule has 5 nitrogen and oxygen atoms in total. The number of aryl methyl sites for hydroxylation is 1. The van der Waals surface area contributed by atoms with Gasteiger partial charge >= 0.3 is 0 Å². The van der Waals surface area contributed by atoms with Crippen molar-refractivity contribution >= 4 is 21.6 Å². The molecule has 0 spiro atoms. The standard InChI is InChI=1S/C20H26N2O3S/c1-13(2)18-11-6-8-15(5)19(18)22-26(24,25)17-10-7-9-16(12-17)20(23)21-14(3)4/h6-14,22H,1-5H3,(H,21,23). The summed E-state index contributed by atoms with van der Waals surface area (Å²) in [6, 6.07) is 11.7. The molecule has 0 fully saturated rings. The van der Waals surface area contributed by atoms with Crippen molar-refractivity contribution in [2.75, 3.05) is 4.72 Å². The molecule has 6 heteroatoms. The Hall–Kier alpha value is -2.34. The summed E-state index contributed by atoms with van der Waals surface area (Å²) in [5, 5.41) is 2.77. The summed E-state index contributed by atoms with van der Waals surface area (Å²) in [5.74, 6) is -0.119. The lowest BCUT2D eigenvalue weighted by atomic mass is 9.99. The maximum atomic E-state index is 12.9. The quantitative estimate of drug-likeness (QED) is 0.801. The minimum absolute atomic E-state index is 0.0264. The fraction of sp³-hybridized carbons (Fsp3) is 0.350. The summed E-state index contributed by atoms with van der Waals surface area (Å²) in [6.07, 6.45) is 0. The molecule has 0 atom stereocenters. The van der Waals surface area contributed by atoms with Crippen molar-refractivity contribution < 1.29 is 13.2 Å². The van der Waals surface area contributed by atoms with Crippen LogP contribution in [0.5, 0.6) is 0 Å². The van der Waals surface area contributed by atoms with Crippen molar-refractivity contribution in [2.45, 2.75) is 51.5 Å². The van der Waals surface area contributed by atoms with Crippen LogP contribution in [0.1, 0.15) is 55.1 Å². The van der Waals surface area contributed by atoms with Gasteiger partial charge in [0.05, 0.1) is 10.6 Å². The minimum atomic E-state index is -3.81. The molecule has 0 aliphatic rings. The second-order valence-electron chi connectivity index (χ2n) is 6.96. The average Bonchev–Trinajstić information content (AvgIpc) is 2.56. The van der Waals surface area contributed by atoms with Gasteiger partial charge in [-0.1, -0.05) is 38.1 Å². The van der Waals surface area contributed by atoms with Crippen LogP contribution in [0.15, 0.2) is 47.4 Å². The highest BCUT2D eigenvalue weighted by Crippen LogP contribution is 2.29. The first-order chi connectivity index (χ1) is 12.1. The molecule has 0 radical (unpaired) electrons. The monoisotopic (exact) mass is 374 g/mol. The molecule has 2 rings (SSSR count). The van der Waals surface area contributed by atoms with Crippen LogP contribution in [0.25, 0.3) is 0 Å². The molecule has 26 heavy (non-hydrogen) atoms. The Morgan fingerprint density at radius 3 is 2.27 bits per heavy atom. The van der Waals surface area contributed by atoms with Crippen molar-refractivity contribution in [3.8, 4) is 0 Å². The number of benzene rings is 2. The molecular formula is C20H26N2O3S. The van der Waals surface area contributed by atoms with Gasteiger partial charge in [0, 0.05) is 11.6 Å². The third-order valence-corrected chi connectivity index (χ3v) is 5.34. The summed E-state index contributed by atoms with van der Waals surface area (Å²) in [7, 11) is -3.81. The van der Waals surface area contributed by atoms with Crippen LogP contribution in [-0.2, 0) is 10.0 Å². The van der Waals surface area contributed by atoms with Crippen LogP contribution < -0.4 is 10.0 Å². The van der Waals surface area contributed by atoms with Gasteiger partial charge in [-0.25, -0.2) is 8.42 Å². The van der Waals surface area contributed by atoms with Crippen LogP contribution in [0, 0.1) is 6.92 Å². The largest absolute Gasteiger partial charge is 0.350 e. The molecule has 0 aliphatic heterocycles. The van der Waals surface area contributed by atoms with Crippen LogP contribution in [-0.4, -0.2) is 20.4 Å². The van der Waals surface area contributed by atoms with E-state index in [9.17, 15) is 13.2 Å². The predicted molar refractivity (Wildman–Crippen MR) is 105 cm³/mol. The highest BCUT2D eigenvalue weighted by atomic mass is 32.2. The summed E-state index contributed by atoms with van der Waals surface area (Å²) < 4.78 is 28.5. The number of anilines is 1. The Labute approximate surface area is 155 Å². The minimum Gasteiger partial charge on any atom is -0.350 e. The molecule has 0 aromatic heterocycles. The first kappa shape index (κ1) is 20.0. The average molecular weight is 375 g/mol. The van der Waals surface area contributed by atoms with Crippen LogP contribution in [0.2, 0.25) is 0 Å². The normalized spacial score (nSPS) is 11.7. The zero-order valence-corrected chi connectivity index (χ0v) is 16.6. The molecule has 0 saturated carbocycles. The summed E-state index contributed by atoms with van der Waals surface area (Å²) in [6.45, 7) is 9.61. The SMILES string of the molecule is Cc1cccc(C(C)C)c1NS(=O)(=O)c1cccc(C(=O)NC(C)C)c1. The molecule has 0 saturated heterocycles. The third-order valence-electron chi connectivity index (χ3n) is 3.99. The Balaban J connectivity index is 2.39. The Morgan fingerprint density at radius 1 is 1.00 bits per heavy atom. The summed E-state index contributed by atoms with van der Waals surface area (Å²) in [5.41, 5.74) is 2.70. The van der Waals surface area contributed by atoms with Gasteiger partial charge in [-0.2, -0.15) is 0 Å². The highest BCUT2D eigenvalue weighted by molar-refractivity contribution is 7.92. The van der Waals surface area contributed by atoms with Gasteiger partial charge in [0.1, 0.15) is 0 Å². The van der Waals surface area contributed by atoms with E-state index in [1.807, 2.05) is 52.8 Å². The second-order valence-corrected chi connectivity index (χ2v) is 8.64. The highest BCUT2D eigenvalue weighted by Gasteiger charge is 2.20. The molecule has 140 valence electrons. The molecule has 0 heterocycles. The number of hydrogen-bond acceptors (Lipinski definition) is 3. The molecule has 1 amide bonds. The maximum Gasteiger partial charge on any atom is 0.261 e. The lowest BCUT2D eigenvalue weighted by molar-refractivity contribution is 0.0943. The van der Waals surface area contributed by atoms with Gasteiger partial charge in [-0.3, -0.25) is 9.52 Å². The van der Waals surface area contributed by atoms with Gasteiger partial charge in [-0.15, -0.1) is 0 Å². The molecule has 0 aliphatic carbocycles. The predicted octanol–water partition coefficient (Wildman–Crippen LogP) is 4.06. The fourth-order valence-electron chi connectivity index (χ4n) is 2.65. The van der Waals surface area contributed by atoms with Crippen molar-refractivity contribution in [2.24, 2.45) is 0 Å². The first-order valence-corrected chi connectivity index (χ1v) is 10.1. The zero-order chi connectivity index (χ0) is 19.5. The van der Waals surface area contributed by atoms with Crippen molar-refractivity contribution in [1.29, 1.82) is 0 Å². The Kier molecular flexibility index (Phi) is 6.08. The van der Waals surface area contributed by atoms with Crippen molar-refractivity contribution in [3.05, 3.63) is 59.2 Å². The topological polar surface area (TPSA) is 75.3 Å². The molecule has 0 bridgehead atoms. The smallest absolute Gasteiger partial charge is 0.261 e. The maximum absolute atomic E-state index is 12.9. The lowest BCUT2D eigenvalue weighted by Gasteiger charge is -2.17. The van der Waals surface area contributed by atoms with E-state index in [0.29, 0.717) is 11.3 Å². The summed E-state index contributed by atoms with van der Waals surface area (Å²) >= 11 is 0. The Bertz CT molecular complexity index is 903. The van der Waals surface area contributed by atoms with Crippen LogP contribution in [0.4, 0.5) is 5.69 Å². The number of rotatable bonds is 6. The van der Waals surface area contributed by atoms with Gasteiger partial charge in [0.15, 0.2) is 0 Å². The number of amides is 1. The van der Waals surface area contributed by atoms with E-state index < -0.39 is 10.0 Å². The van der Waals surface area contributed by atoms with Gasteiger partial charge in [-0.05, 0) is 56.0 Å². The number of para-hydroxylation sites is 1. The van der Waals surface area contributed by atoms with Gasteiger partial charge in [0.25, 0.3) is 15.9 Å². The third kappa shape index (κ3) is 4.64. The lowest BCUT2D eigenvalue weighted by Crippen LogP contribution is -2.30. The van der Waals surface area contributed by atoms with Crippen LogP contribution >= 0.6 is 0 Å². The fourth-order valence-corrected chi connectivity index (χ4v) is 3.86. The van der Waals surface area contributed by atoms with Gasteiger partial charge in [0.2, 0.25) is 0 Å². The van der Waals surface area contributed by atoms with E-state index in [-0.39, 0.29) is 22.8 Å². The van der Waals surface area contributed by atoms with E-state index in [1.54, 1.807) is 12.1 Å². The molecule has 2 aromatic rings. The number of sulfonamides is 1. The number of carbonyl (C=O) groups is 1. The summed E-state index contributed by atoms with van der Waals surface area (Å²) in [4.78, 5) is 12.2. The second kappa shape index (κ2) is 7.91. The van der Waals surface area contributed by atoms with Crippen LogP contribution in [0.3, 0.4) is 0 Å². The Morgan fingerprint density at radius 2 is 1.65 bits per heavy atom.